The van der Waals surface area contributed by atoms with E-state index < -0.39 is 0 Å². The second kappa shape index (κ2) is 7.38. The quantitative estimate of drug-likeness (QED) is 0.566. The van der Waals surface area contributed by atoms with Crippen LogP contribution in [0.1, 0.15) is 13.3 Å². The molecule has 0 saturated heterocycles. The Labute approximate surface area is 67.4 Å². The van der Waals surface area contributed by atoms with Gasteiger partial charge < -0.3 is 10.4 Å². The summed E-state index contributed by atoms with van der Waals surface area (Å²) in [5.74, 6) is 1.14. The van der Waals surface area contributed by atoms with Crippen molar-refractivity contribution < 1.29 is 5.11 Å². The van der Waals surface area contributed by atoms with E-state index in [1.807, 2.05) is 18.8 Å². The van der Waals surface area contributed by atoms with Gasteiger partial charge in [0.05, 0.1) is 0 Å². The summed E-state index contributed by atoms with van der Waals surface area (Å²) in [6, 6.07) is 0. The van der Waals surface area contributed by atoms with Crippen LogP contribution in [0.15, 0.2) is 0 Å². The first-order valence-corrected chi connectivity index (χ1v) is 4.73. The Morgan fingerprint density at radius 3 is 2.80 bits per heavy atom. The highest BCUT2D eigenvalue weighted by molar-refractivity contribution is 7.99. The van der Waals surface area contributed by atoms with Gasteiger partial charge in [0.25, 0.3) is 0 Å². The van der Waals surface area contributed by atoms with Crippen LogP contribution in [0.3, 0.4) is 0 Å². The predicted molar refractivity (Wildman–Crippen MR) is 47.5 cm³/mol. The number of aliphatic hydroxyl groups is 1. The number of thioether (sulfide) groups is 1. The average molecular weight is 163 g/mol. The van der Waals surface area contributed by atoms with Gasteiger partial charge in [0.2, 0.25) is 0 Å². The molecule has 62 valence electrons. The lowest BCUT2D eigenvalue weighted by Crippen LogP contribution is -2.12. The fourth-order valence-corrected chi connectivity index (χ4v) is 1.62. The summed E-state index contributed by atoms with van der Waals surface area (Å²) in [5.41, 5.74) is 0. The van der Waals surface area contributed by atoms with E-state index in [1.165, 1.54) is 0 Å². The lowest BCUT2D eigenvalue weighted by Gasteiger charge is -2.07. The molecule has 1 atom stereocenters. The summed E-state index contributed by atoms with van der Waals surface area (Å²) in [7, 11) is 1.96. The van der Waals surface area contributed by atoms with Crippen molar-refractivity contribution in [3.63, 3.8) is 0 Å². The molecular formula is C7H17NOS. The molecule has 0 aliphatic carbocycles. The SMILES string of the molecule is CNCCSC(C)CCO. The number of hydrogen-bond donors (Lipinski definition) is 2. The Hall–Kier alpha value is 0.270. The fraction of sp³-hybridized carbons (Fsp3) is 1.00. The molecule has 0 radical (unpaired) electrons. The molecule has 0 amide bonds. The van der Waals surface area contributed by atoms with Gasteiger partial charge in [0.15, 0.2) is 0 Å². The predicted octanol–water partition coefficient (Wildman–Crippen LogP) is 0.710. The summed E-state index contributed by atoms with van der Waals surface area (Å²) in [5, 5.41) is 12.2. The molecule has 0 saturated carbocycles. The molecule has 0 heterocycles. The van der Waals surface area contributed by atoms with E-state index in [0.29, 0.717) is 11.9 Å². The fourth-order valence-electron chi connectivity index (χ4n) is 0.627. The lowest BCUT2D eigenvalue weighted by atomic mass is 10.3. The number of hydrogen-bond acceptors (Lipinski definition) is 3. The number of aliphatic hydroxyl groups excluding tert-OH is 1. The zero-order valence-electron chi connectivity index (χ0n) is 6.76. The summed E-state index contributed by atoms with van der Waals surface area (Å²) < 4.78 is 0. The van der Waals surface area contributed by atoms with Crippen molar-refractivity contribution in [3.05, 3.63) is 0 Å². The summed E-state index contributed by atoms with van der Waals surface area (Å²) >= 11 is 1.90. The van der Waals surface area contributed by atoms with E-state index in [-0.39, 0.29) is 0 Å². The zero-order chi connectivity index (χ0) is 7.82. The molecule has 0 bridgehead atoms. The van der Waals surface area contributed by atoms with Crippen LogP contribution in [0.25, 0.3) is 0 Å². The maximum absolute atomic E-state index is 8.56. The molecule has 1 unspecified atom stereocenters. The average Bonchev–Trinajstić information content (AvgIpc) is 1.89. The van der Waals surface area contributed by atoms with E-state index >= 15 is 0 Å². The highest BCUT2D eigenvalue weighted by Crippen LogP contribution is 2.11. The zero-order valence-corrected chi connectivity index (χ0v) is 7.58. The van der Waals surface area contributed by atoms with Gasteiger partial charge in [-0.2, -0.15) is 11.8 Å². The number of nitrogens with one attached hydrogen (secondary N) is 1. The normalized spacial score (nSPS) is 13.5. The first-order valence-electron chi connectivity index (χ1n) is 3.68. The van der Waals surface area contributed by atoms with Gasteiger partial charge in [0.1, 0.15) is 0 Å². The van der Waals surface area contributed by atoms with Crippen LogP contribution >= 0.6 is 11.8 Å². The first kappa shape index (κ1) is 10.3. The molecule has 2 nitrogen and oxygen atoms in total. The van der Waals surface area contributed by atoms with Crippen molar-refractivity contribution in [2.45, 2.75) is 18.6 Å². The van der Waals surface area contributed by atoms with E-state index in [0.717, 1.165) is 18.7 Å². The van der Waals surface area contributed by atoms with Crippen molar-refractivity contribution in [1.29, 1.82) is 0 Å². The third-order valence-electron chi connectivity index (χ3n) is 1.29. The van der Waals surface area contributed by atoms with Gasteiger partial charge in [-0.3, -0.25) is 0 Å². The topological polar surface area (TPSA) is 32.3 Å². The molecule has 0 rings (SSSR count). The van der Waals surface area contributed by atoms with Crippen LogP contribution < -0.4 is 5.32 Å². The van der Waals surface area contributed by atoms with Gasteiger partial charge in [-0.15, -0.1) is 0 Å². The smallest absolute Gasteiger partial charge is 0.0441 e. The van der Waals surface area contributed by atoms with Crippen LogP contribution in [0, 0.1) is 0 Å². The molecule has 0 aliphatic rings. The van der Waals surface area contributed by atoms with Crippen LogP contribution in [-0.4, -0.2) is 36.3 Å². The Bertz CT molecular complexity index is 70.6. The van der Waals surface area contributed by atoms with E-state index in [2.05, 4.69) is 12.2 Å². The summed E-state index contributed by atoms with van der Waals surface area (Å²) in [6.45, 7) is 3.52. The van der Waals surface area contributed by atoms with Crippen molar-refractivity contribution in [2.24, 2.45) is 0 Å². The van der Waals surface area contributed by atoms with Crippen LogP contribution in [0.5, 0.6) is 0 Å². The van der Waals surface area contributed by atoms with Gasteiger partial charge in [-0.1, -0.05) is 6.92 Å². The van der Waals surface area contributed by atoms with Crippen molar-refractivity contribution in [3.8, 4) is 0 Å². The minimum atomic E-state index is 0.313. The molecule has 2 N–H and O–H groups in total. The van der Waals surface area contributed by atoms with Crippen LogP contribution in [0.4, 0.5) is 0 Å². The Morgan fingerprint density at radius 1 is 1.60 bits per heavy atom. The minimum Gasteiger partial charge on any atom is -0.396 e. The molecule has 10 heavy (non-hydrogen) atoms. The Kier molecular flexibility index (Phi) is 7.58. The molecule has 0 aliphatic heterocycles. The molecule has 0 spiro atoms. The van der Waals surface area contributed by atoms with Gasteiger partial charge in [-0.05, 0) is 13.5 Å². The van der Waals surface area contributed by atoms with E-state index in [4.69, 9.17) is 5.11 Å². The van der Waals surface area contributed by atoms with Crippen LogP contribution in [-0.2, 0) is 0 Å². The highest BCUT2D eigenvalue weighted by atomic mass is 32.2. The molecular weight excluding hydrogens is 146 g/mol. The minimum absolute atomic E-state index is 0.313. The van der Waals surface area contributed by atoms with Crippen molar-refractivity contribution >= 4 is 11.8 Å². The third kappa shape index (κ3) is 6.39. The lowest BCUT2D eigenvalue weighted by molar-refractivity contribution is 0.289. The maximum atomic E-state index is 8.56. The standard InChI is InChI=1S/C7H17NOS/c1-7(3-5-9)10-6-4-8-2/h7-9H,3-6H2,1-2H3. The van der Waals surface area contributed by atoms with Gasteiger partial charge in [-0.25, -0.2) is 0 Å². The molecule has 0 aromatic heterocycles. The molecule has 0 aromatic carbocycles. The second-order valence-corrected chi connectivity index (χ2v) is 3.84. The van der Waals surface area contributed by atoms with Crippen molar-refractivity contribution in [1.82, 2.24) is 5.32 Å². The Balaban J connectivity index is 2.97. The first-order chi connectivity index (χ1) is 4.81. The van der Waals surface area contributed by atoms with Crippen molar-refractivity contribution in [2.75, 3.05) is 26.0 Å². The van der Waals surface area contributed by atoms with Gasteiger partial charge >= 0.3 is 0 Å². The summed E-state index contributed by atoms with van der Waals surface area (Å²) in [6.07, 6.45) is 0.911. The second-order valence-electron chi connectivity index (χ2n) is 2.30. The highest BCUT2D eigenvalue weighted by Gasteiger charge is 1.99. The van der Waals surface area contributed by atoms with Crippen LogP contribution in [0.2, 0.25) is 0 Å². The third-order valence-corrected chi connectivity index (χ3v) is 2.53. The molecule has 3 heteroatoms. The molecule has 0 fully saturated rings. The van der Waals surface area contributed by atoms with E-state index in [9.17, 15) is 0 Å². The van der Waals surface area contributed by atoms with Gasteiger partial charge in [0, 0.05) is 24.2 Å². The largest absolute Gasteiger partial charge is 0.396 e. The molecule has 0 aromatic rings. The van der Waals surface area contributed by atoms with E-state index in [1.54, 1.807) is 0 Å². The number of rotatable bonds is 6. The Morgan fingerprint density at radius 2 is 2.30 bits per heavy atom. The summed E-state index contributed by atoms with van der Waals surface area (Å²) in [4.78, 5) is 0. The maximum Gasteiger partial charge on any atom is 0.0441 e. The monoisotopic (exact) mass is 163 g/mol.